The fourth-order valence-electron chi connectivity index (χ4n) is 0.811. The Morgan fingerprint density at radius 2 is 2.17 bits per heavy atom. The van der Waals surface area contributed by atoms with Crippen LogP contribution in [-0.4, -0.2) is 34.7 Å². The van der Waals surface area contributed by atoms with Gasteiger partial charge in [0.25, 0.3) is 10.2 Å². The van der Waals surface area contributed by atoms with Crippen LogP contribution in [-0.2, 0) is 14.9 Å². The standard InChI is InChI=1S/C5H15N3O3S/c1-11-4-5(2-3-6)8-12(7,9)10/h5,8H,2-4,6H2,1H3,(H2,7,9,10). The highest BCUT2D eigenvalue weighted by atomic mass is 32.2. The third-order valence-electron chi connectivity index (χ3n) is 1.21. The van der Waals surface area contributed by atoms with Crippen LogP contribution < -0.4 is 15.6 Å². The van der Waals surface area contributed by atoms with Crippen LogP contribution >= 0.6 is 0 Å². The highest BCUT2D eigenvalue weighted by molar-refractivity contribution is 7.87. The fraction of sp³-hybridized carbons (Fsp3) is 1.00. The summed E-state index contributed by atoms with van der Waals surface area (Å²) in [7, 11) is -2.17. The van der Waals surface area contributed by atoms with Crippen molar-refractivity contribution >= 4 is 10.2 Å². The number of hydrogen-bond acceptors (Lipinski definition) is 4. The summed E-state index contributed by atoms with van der Waals surface area (Å²) in [4.78, 5) is 0. The second-order valence-corrected chi connectivity index (χ2v) is 3.72. The van der Waals surface area contributed by atoms with Crippen molar-refractivity contribution in [3.63, 3.8) is 0 Å². The molecule has 1 unspecified atom stereocenters. The Bertz CT molecular complexity index is 198. The van der Waals surface area contributed by atoms with Crippen molar-refractivity contribution in [2.75, 3.05) is 20.3 Å². The second kappa shape index (κ2) is 5.44. The van der Waals surface area contributed by atoms with Gasteiger partial charge in [-0.05, 0) is 13.0 Å². The van der Waals surface area contributed by atoms with Gasteiger partial charge in [0.05, 0.1) is 6.61 Å². The first-order valence-electron chi connectivity index (χ1n) is 3.48. The SMILES string of the molecule is COCC(CCN)NS(N)(=O)=O. The van der Waals surface area contributed by atoms with E-state index in [2.05, 4.69) is 4.72 Å². The van der Waals surface area contributed by atoms with Crippen LogP contribution in [0.3, 0.4) is 0 Å². The summed E-state index contributed by atoms with van der Waals surface area (Å²) >= 11 is 0. The monoisotopic (exact) mass is 197 g/mol. The molecule has 0 aromatic heterocycles. The first kappa shape index (κ1) is 11.8. The van der Waals surface area contributed by atoms with Crippen molar-refractivity contribution in [1.82, 2.24) is 4.72 Å². The summed E-state index contributed by atoms with van der Waals surface area (Å²) in [5.41, 5.74) is 5.25. The quantitative estimate of drug-likeness (QED) is 0.464. The molecule has 1 atom stereocenters. The molecule has 0 saturated heterocycles. The van der Waals surface area contributed by atoms with E-state index in [4.69, 9.17) is 15.6 Å². The molecular weight excluding hydrogens is 182 g/mol. The zero-order valence-electron chi connectivity index (χ0n) is 6.99. The normalized spacial score (nSPS) is 14.6. The van der Waals surface area contributed by atoms with Gasteiger partial charge in [-0.3, -0.25) is 0 Å². The van der Waals surface area contributed by atoms with Crippen LogP contribution in [0.1, 0.15) is 6.42 Å². The summed E-state index contributed by atoms with van der Waals surface area (Å²) in [6.07, 6.45) is 0.504. The molecule has 5 N–H and O–H groups in total. The van der Waals surface area contributed by atoms with Crippen LogP contribution in [0, 0.1) is 0 Å². The average molecular weight is 197 g/mol. The van der Waals surface area contributed by atoms with E-state index >= 15 is 0 Å². The van der Waals surface area contributed by atoms with E-state index in [0.29, 0.717) is 13.0 Å². The van der Waals surface area contributed by atoms with Gasteiger partial charge in [0, 0.05) is 13.2 Å². The van der Waals surface area contributed by atoms with Gasteiger partial charge in [-0.1, -0.05) is 0 Å². The van der Waals surface area contributed by atoms with Crippen molar-refractivity contribution in [2.45, 2.75) is 12.5 Å². The second-order valence-electron chi connectivity index (χ2n) is 2.39. The summed E-state index contributed by atoms with van der Waals surface area (Å²) in [5.74, 6) is 0. The van der Waals surface area contributed by atoms with Gasteiger partial charge >= 0.3 is 0 Å². The topological polar surface area (TPSA) is 107 Å². The third-order valence-corrected chi connectivity index (χ3v) is 1.88. The lowest BCUT2D eigenvalue weighted by Crippen LogP contribution is -2.42. The van der Waals surface area contributed by atoms with Gasteiger partial charge in [0.15, 0.2) is 0 Å². The molecule has 0 fully saturated rings. The van der Waals surface area contributed by atoms with Gasteiger partial charge in [0.2, 0.25) is 0 Å². The minimum atomic E-state index is -3.65. The summed E-state index contributed by atoms with van der Waals surface area (Å²) in [6.45, 7) is 0.657. The van der Waals surface area contributed by atoms with Crippen LogP contribution in [0.25, 0.3) is 0 Å². The number of methoxy groups -OCH3 is 1. The van der Waals surface area contributed by atoms with Crippen molar-refractivity contribution in [3.8, 4) is 0 Å². The lowest BCUT2D eigenvalue weighted by Gasteiger charge is -2.14. The zero-order chi connectivity index (χ0) is 9.61. The molecular formula is C5H15N3O3S. The third kappa shape index (κ3) is 6.50. The molecule has 0 spiro atoms. The number of ether oxygens (including phenoxy) is 1. The van der Waals surface area contributed by atoms with E-state index in [1.54, 1.807) is 0 Å². The van der Waals surface area contributed by atoms with Gasteiger partial charge in [-0.2, -0.15) is 13.1 Å². The van der Waals surface area contributed by atoms with Crippen molar-refractivity contribution in [1.29, 1.82) is 0 Å². The molecule has 0 aromatic rings. The Kier molecular flexibility index (Phi) is 5.34. The molecule has 0 amide bonds. The van der Waals surface area contributed by atoms with E-state index in [0.717, 1.165) is 0 Å². The molecule has 12 heavy (non-hydrogen) atoms. The molecule has 0 radical (unpaired) electrons. The van der Waals surface area contributed by atoms with Crippen LogP contribution in [0.4, 0.5) is 0 Å². The maximum atomic E-state index is 10.6. The Balaban J connectivity index is 3.95. The molecule has 0 aliphatic heterocycles. The fourth-order valence-corrected chi connectivity index (χ4v) is 1.46. The molecule has 74 valence electrons. The van der Waals surface area contributed by atoms with Gasteiger partial charge in [0.1, 0.15) is 0 Å². The first-order chi connectivity index (χ1) is 5.49. The van der Waals surface area contributed by atoms with Gasteiger partial charge in [-0.15, -0.1) is 0 Å². The first-order valence-corrected chi connectivity index (χ1v) is 5.03. The lowest BCUT2D eigenvalue weighted by molar-refractivity contribution is 0.172. The minimum Gasteiger partial charge on any atom is -0.383 e. The van der Waals surface area contributed by atoms with Crippen LogP contribution in [0.2, 0.25) is 0 Å². The summed E-state index contributed by atoms with van der Waals surface area (Å²) in [6, 6.07) is -0.338. The molecule has 0 saturated carbocycles. The summed E-state index contributed by atoms with van der Waals surface area (Å²) < 4.78 is 28.1. The number of hydrogen-bond donors (Lipinski definition) is 3. The average Bonchev–Trinajstić information content (AvgIpc) is 1.84. The maximum Gasteiger partial charge on any atom is 0.274 e. The van der Waals surface area contributed by atoms with E-state index in [9.17, 15) is 8.42 Å². The number of nitrogens with two attached hydrogens (primary N) is 2. The predicted molar refractivity (Wildman–Crippen MR) is 45.6 cm³/mol. The van der Waals surface area contributed by atoms with Gasteiger partial charge < -0.3 is 10.5 Å². The molecule has 7 heteroatoms. The van der Waals surface area contributed by atoms with E-state index in [1.165, 1.54) is 7.11 Å². The maximum absolute atomic E-state index is 10.6. The lowest BCUT2D eigenvalue weighted by atomic mass is 10.2. The van der Waals surface area contributed by atoms with Crippen LogP contribution in [0.15, 0.2) is 0 Å². The Morgan fingerprint density at radius 1 is 1.58 bits per heavy atom. The smallest absolute Gasteiger partial charge is 0.274 e. The van der Waals surface area contributed by atoms with Gasteiger partial charge in [-0.25, -0.2) is 5.14 Å². The molecule has 0 bridgehead atoms. The molecule has 0 heterocycles. The molecule has 6 nitrogen and oxygen atoms in total. The molecule has 0 rings (SSSR count). The Morgan fingerprint density at radius 3 is 2.50 bits per heavy atom. The highest BCUT2D eigenvalue weighted by Gasteiger charge is 2.12. The Labute approximate surface area is 72.4 Å². The largest absolute Gasteiger partial charge is 0.383 e. The number of rotatable bonds is 6. The predicted octanol–water partition coefficient (Wildman–Crippen LogP) is -1.86. The summed E-state index contributed by atoms with van der Waals surface area (Å²) in [5, 5.41) is 4.76. The van der Waals surface area contributed by atoms with Crippen molar-refractivity contribution in [3.05, 3.63) is 0 Å². The molecule has 0 aromatic carbocycles. The molecule has 0 aliphatic carbocycles. The van der Waals surface area contributed by atoms with Crippen molar-refractivity contribution < 1.29 is 13.2 Å². The van der Waals surface area contributed by atoms with Crippen LogP contribution in [0.5, 0.6) is 0 Å². The van der Waals surface area contributed by atoms with Crippen molar-refractivity contribution in [2.24, 2.45) is 10.9 Å². The minimum absolute atomic E-state index is 0.271. The van der Waals surface area contributed by atoms with E-state index in [-0.39, 0.29) is 12.6 Å². The van der Waals surface area contributed by atoms with E-state index < -0.39 is 10.2 Å². The zero-order valence-corrected chi connectivity index (χ0v) is 7.80. The Hall–Kier alpha value is -0.210. The molecule has 0 aliphatic rings. The highest BCUT2D eigenvalue weighted by Crippen LogP contribution is 1.91. The van der Waals surface area contributed by atoms with E-state index in [1.807, 2.05) is 0 Å². The number of nitrogens with one attached hydrogen (secondary N) is 1.